The lowest BCUT2D eigenvalue weighted by Crippen LogP contribution is -2.37. The minimum absolute atomic E-state index is 0.00469. The first kappa shape index (κ1) is 19.1. The number of amides is 1. The molecule has 1 atom stereocenters. The molecule has 0 aliphatic carbocycles. The van der Waals surface area contributed by atoms with Gasteiger partial charge in [-0.3, -0.25) is 9.69 Å². The monoisotopic (exact) mass is 415 g/mol. The van der Waals surface area contributed by atoms with E-state index in [1.54, 1.807) is 36.4 Å². The van der Waals surface area contributed by atoms with E-state index in [1.165, 1.54) is 19.1 Å². The van der Waals surface area contributed by atoms with Gasteiger partial charge in [-0.15, -0.1) is 0 Å². The molecule has 150 valence electrons. The Hall–Kier alpha value is -3.19. The van der Waals surface area contributed by atoms with Gasteiger partial charge >= 0.3 is 5.97 Å². The van der Waals surface area contributed by atoms with Crippen LogP contribution >= 0.6 is 11.6 Å². The van der Waals surface area contributed by atoms with Gasteiger partial charge in [-0.05, 0) is 35.9 Å². The number of nitrogens with zero attached hydrogens (tertiary/aromatic N) is 1. The highest BCUT2D eigenvalue weighted by molar-refractivity contribution is 6.31. The first-order valence-corrected chi connectivity index (χ1v) is 9.26. The summed E-state index contributed by atoms with van der Waals surface area (Å²) in [5.41, 5.74) is 2.08. The Balaban J connectivity index is 1.85. The van der Waals surface area contributed by atoms with Crippen LogP contribution in [0.2, 0.25) is 5.02 Å². The van der Waals surface area contributed by atoms with E-state index >= 15 is 0 Å². The zero-order valence-corrected chi connectivity index (χ0v) is 16.5. The number of phenols is 1. The van der Waals surface area contributed by atoms with Crippen LogP contribution in [0.25, 0.3) is 0 Å². The molecule has 1 N–H and O–H groups in total. The number of benzene rings is 2. The van der Waals surface area contributed by atoms with Crippen molar-refractivity contribution >= 4 is 29.2 Å². The molecule has 0 unspecified atom stereocenters. The van der Waals surface area contributed by atoms with Gasteiger partial charge in [0.2, 0.25) is 11.7 Å². The molecule has 0 bridgehead atoms. The number of aromatic hydroxyl groups is 1. The van der Waals surface area contributed by atoms with E-state index in [0.717, 1.165) is 0 Å². The summed E-state index contributed by atoms with van der Waals surface area (Å²) in [5, 5.41) is 10.7. The maximum Gasteiger partial charge on any atom is 0.336 e. The molecule has 8 heteroatoms. The lowest BCUT2D eigenvalue weighted by atomic mass is 9.83. The average Bonchev–Trinajstić information content (AvgIpc) is 3.09. The first-order valence-electron chi connectivity index (χ1n) is 8.88. The van der Waals surface area contributed by atoms with E-state index in [1.807, 2.05) is 0 Å². The third-order valence-corrected chi connectivity index (χ3v) is 5.32. The van der Waals surface area contributed by atoms with Gasteiger partial charge in [0.1, 0.15) is 6.61 Å². The molecule has 0 saturated heterocycles. The number of ether oxygens (including phenoxy) is 3. The van der Waals surface area contributed by atoms with E-state index in [0.29, 0.717) is 27.5 Å². The maximum atomic E-state index is 13.1. The zero-order chi connectivity index (χ0) is 20.7. The summed E-state index contributed by atoms with van der Waals surface area (Å²) in [4.78, 5) is 27.1. The van der Waals surface area contributed by atoms with Gasteiger partial charge < -0.3 is 19.3 Å². The molecule has 0 spiro atoms. The molecule has 0 radical (unpaired) electrons. The number of methoxy groups -OCH3 is 2. The van der Waals surface area contributed by atoms with Crippen LogP contribution in [0.4, 0.5) is 5.69 Å². The molecule has 2 aliphatic rings. The number of rotatable bonds is 4. The van der Waals surface area contributed by atoms with Crippen molar-refractivity contribution in [1.82, 2.24) is 0 Å². The minimum atomic E-state index is -0.550. The van der Waals surface area contributed by atoms with Gasteiger partial charge in [0.05, 0.1) is 31.2 Å². The molecule has 4 rings (SSSR count). The summed E-state index contributed by atoms with van der Waals surface area (Å²) in [6, 6.07) is 10.1. The van der Waals surface area contributed by atoms with Crippen LogP contribution in [-0.2, 0) is 14.3 Å². The van der Waals surface area contributed by atoms with Crippen LogP contribution in [-0.4, -0.2) is 37.8 Å². The summed E-state index contributed by atoms with van der Waals surface area (Å²) in [5.74, 6) is -0.984. The van der Waals surface area contributed by atoms with Crippen molar-refractivity contribution in [1.29, 1.82) is 0 Å². The van der Waals surface area contributed by atoms with Crippen molar-refractivity contribution in [3.8, 4) is 17.2 Å². The Labute approximate surface area is 172 Å². The second-order valence-electron chi connectivity index (χ2n) is 6.68. The third-order valence-electron chi connectivity index (χ3n) is 5.09. The molecular formula is C21H18ClNO6. The topological polar surface area (TPSA) is 85.3 Å². The maximum absolute atomic E-state index is 13.1. The molecule has 0 aromatic heterocycles. The van der Waals surface area contributed by atoms with Gasteiger partial charge in [0.15, 0.2) is 11.5 Å². The van der Waals surface area contributed by atoms with Gasteiger partial charge in [0, 0.05) is 17.4 Å². The molecule has 2 heterocycles. The molecular weight excluding hydrogens is 398 g/mol. The average molecular weight is 416 g/mol. The highest BCUT2D eigenvalue weighted by Crippen LogP contribution is 2.46. The van der Waals surface area contributed by atoms with E-state index in [-0.39, 0.29) is 36.2 Å². The van der Waals surface area contributed by atoms with Crippen LogP contribution in [0, 0.1) is 0 Å². The van der Waals surface area contributed by atoms with Crippen molar-refractivity contribution in [3.05, 3.63) is 58.3 Å². The van der Waals surface area contributed by atoms with E-state index < -0.39 is 11.9 Å². The number of halogens is 1. The predicted molar refractivity (Wildman–Crippen MR) is 105 cm³/mol. The lowest BCUT2D eigenvalue weighted by Gasteiger charge is -2.32. The normalized spacial score (nSPS) is 18.6. The molecule has 0 saturated carbocycles. The first-order chi connectivity index (χ1) is 13.9. The fourth-order valence-corrected chi connectivity index (χ4v) is 3.95. The van der Waals surface area contributed by atoms with Crippen molar-refractivity contribution in [3.63, 3.8) is 0 Å². The largest absolute Gasteiger partial charge is 0.502 e. The summed E-state index contributed by atoms with van der Waals surface area (Å²) >= 11 is 6.09. The SMILES string of the molecule is COc1cc([C@H]2CC(=O)N(c3cccc(Cl)c3)C3=C2C(=O)OC3)cc(OC)c1O. The van der Waals surface area contributed by atoms with E-state index in [2.05, 4.69) is 0 Å². The van der Waals surface area contributed by atoms with Crippen LogP contribution in [0.5, 0.6) is 17.2 Å². The summed E-state index contributed by atoms with van der Waals surface area (Å²) in [6.45, 7) is -0.00469. The number of carbonyl (C=O) groups is 2. The van der Waals surface area contributed by atoms with Crippen LogP contribution < -0.4 is 14.4 Å². The molecule has 7 nitrogen and oxygen atoms in total. The summed E-state index contributed by atoms with van der Waals surface area (Å²) in [6.07, 6.45) is 0.0392. The standard InChI is InChI=1S/C21H18ClNO6/c1-27-16-6-11(7-17(28-2)20(16)25)14-9-18(24)23(13-5-3-4-12(22)8-13)15-10-29-21(26)19(14)15/h3-8,14,25H,9-10H2,1-2H3/t14-/m1/s1. The smallest absolute Gasteiger partial charge is 0.336 e. The van der Waals surface area contributed by atoms with Crippen LogP contribution in [0.15, 0.2) is 47.7 Å². The number of phenolic OH excluding ortho intramolecular Hbond substituents is 1. The van der Waals surface area contributed by atoms with Crippen molar-refractivity contribution < 1.29 is 28.9 Å². The molecule has 0 fully saturated rings. The Morgan fingerprint density at radius 3 is 2.45 bits per heavy atom. The number of cyclic esters (lactones) is 1. The van der Waals surface area contributed by atoms with Gasteiger partial charge in [-0.2, -0.15) is 0 Å². The van der Waals surface area contributed by atoms with Gasteiger partial charge in [-0.25, -0.2) is 4.79 Å². The molecule has 2 aliphatic heterocycles. The quantitative estimate of drug-likeness (QED) is 0.770. The Morgan fingerprint density at radius 1 is 1.14 bits per heavy atom. The molecule has 2 aromatic rings. The van der Waals surface area contributed by atoms with Gasteiger partial charge in [-0.1, -0.05) is 17.7 Å². The Kier molecular flexibility index (Phi) is 4.84. The fraction of sp³-hybridized carbons (Fsp3) is 0.238. The van der Waals surface area contributed by atoms with Crippen molar-refractivity contribution in [2.24, 2.45) is 0 Å². The van der Waals surface area contributed by atoms with E-state index in [4.69, 9.17) is 25.8 Å². The Bertz CT molecular complexity index is 1020. The van der Waals surface area contributed by atoms with Gasteiger partial charge in [0.25, 0.3) is 0 Å². The highest BCUT2D eigenvalue weighted by atomic mass is 35.5. The van der Waals surface area contributed by atoms with Crippen molar-refractivity contribution in [2.75, 3.05) is 25.7 Å². The fourth-order valence-electron chi connectivity index (χ4n) is 3.77. The summed E-state index contributed by atoms with van der Waals surface area (Å²) in [7, 11) is 2.83. The zero-order valence-electron chi connectivity index (χ0n) is 15.8. The molecule has 1 amide bonds. The third kappa shape index (κ3) is 3.17. The van der Waals surface area contributed by atoms with Crippen molar-refractivity contribution in [2.45, 2.75) is 12.3 Å². The second-order valence-corrected chi connectivity index (χ2v) is 7.11. The second kappa shape index (κ2) is 7.33. The number of hydrogen-bond donors (Lipinski definition) is 1. The number of hydrogen-bond acceptors (Lipinski definition) is 6. The molecule has 2 aromatic carbocycles. The number of carbonyl (C=O) groups excluding carboxylic acids is 2. The van der Waals surface area contributed by atoms with Crippen LogP contribution in [0.1, 0.15) is 17.9 Å². The summed E-state index contributed by atoms with van der Waals surface area (Å²) < 4.78 is 15.7. The molecule has 29 heavy (non-hydrogen) atoms. The number of anilines is 1. The predicted octanol–water partition coefficient (Wildman–Crippen LogP) is 3.39. The lowest BCUT2D eigenvalue weighted by molar-refractivity contribution is -0.136. The minimum Gasteiger partial charge on any atom is -0.502 e. The Morgan fingerprint density at radius 2 is 1.83 bits per heavy atom. The van der Waals surface area contributed by atoms with E-state index in [9.17, 15) is 14.7 Å². The number of esters is 1. The highest BCUT2D eigenvalue weighted by Gasteiger charge is 2.43. The van der Waals surface area contributed by atoms with Crippen LogP contribution in [0.3, 0.4) is 0 Å².